The summed E-state index contributed by atoms with van der Waals surface area (Å²) in [6.07, 6.45) is -1.20. The van der Waals surface area contributed by atoms with Gasteiger partial charge in [0.1, 0.15) is 6.10 Å². The van der Waals surface area contributed by atoms with E-state index in [0.29, 0.717) is 16.1 Å². The van der Waals surface area contributed by atoms with Gasteiger partial charge >= 0.3 is 0 Å². The molecule has 29 heavy (non-hydrogen) atoms. The van der Waals surface area contributed by atoms with Gasteiger partial charge in [-0.05, 0) is 6.07 Å². The summed E-state index contributed by atoms with van der Waals surface area (Å²) in [5.74, 6) is -2.75. The smallest absolute Gasteiger partial charge is 0.244 e. The highest BCUT2D eigenvalue weighted by atomic mass is 35.5. The van der Waals surface area contributed by atoms with Crippen molar-refractivity contribution in [3.05, 3.63) is 70.7 Å². The fraction of sp³-hybridized carbons (Fsp3) is 0.273. The largest absolute Gasteiger partial charge is 0.443 e. The molecule has 142 valence electrons. The lowest BCUT2D eigenvalue weighted by molar-refractivity contribution is -0.288. The summed E-state index contributed by atoms with van der Waals surface area (Å²) in [5.41, 5.74) is -2.88. The van der Waals surface area contributed by atoms with E-state index in [9.17, 15) is 15.8 Å². The van der Waals surface area contributed by atoms with Crippen LogP contribution in [0.25, 0.3) is 0 Å². The Bertz CT molecular complexity index is 1120. The number of halogens is 1. The van der Waals surface area contributed by atoms with E-state index in [1.54, 1.807) is 55.5 Å². The molecule has 4 unspecified atom stereocenters. The van der Waals surface area contributed by atoms with Crippen LogP contribution < -0.4 is 0 Å². The molecule has 2 aliphatic heterocycles. The van der Waals surface area contributed by atoms with E-state index in [0.717, 1.165) is 0 Å². The number of ether oxygens (including phenoxy) is 2. The Morgan fingerprint density at radius 2 is 1.59 bits per heavy atom. The quantitative estimate of drug-likeness (QED) is 0.796. The highest BCUT2D eigenvalue weighted by Crippen LogP contribution is 2.69. The van der Waals surface area contributed by atoms with Gasteiger partial charge < -0.3 is 9.47 Å². The molecule has 1 N–H and O–H groups in total. The Hall–Kier alpha value is -3.37. The first-order chi connectivity index (χ1) is 13.9. The number of nitriles is 3. The summed E-state index contributed by atoms with van der Waals surface area (Å²) in [4.78, 5) is 0. The van der Waals surface area contributed by atoms with Crippen LogP contribution in [0, 0.1) is 56.2 Å². The van der Waals surface area contributed by atoms with E-state index in [4.69, 9.17) is 26.5 Å². The van der Waals surface area contributed by atoms with Crippen LogP contribution in [-0.2, 0) is 15.3 Å². The lowest BCUT2D eigenvalue weighted by Gasteiger charge is -2.48. The summed E-state index contributed by atoms with van der Waals surface area (Å²) in [6, 6.07) is 21.8. The van der Waals surface area contributed by atoms with Crippen molar-refractivity contribution in [1.29, 1.82) is 21.2 Å². The van der Waals surface area contributed by atoms with Crippen LogP contribution in [0.5, 0.6) is 0 Å². The molecule has 2 bridgehead atoms. The second kappa shape index (κ2) is 6.33. The lowest BCUT2D eigenvalue weighted by atomic mass is 9.53. The van der Waals surface area contributed by atoms with Crippen LogP contribution in [0.2, 0.25) is 5.02 Å². The number of hydrogen-bond donors (Lipinski definition) is 1. The first kappa shape index (κ1) is 19.0. The van der Waals surface area contributed by atoms with E-state index in [2.05, 4.69) is 6.07 Å². The molecule has 0 aromatic heterocycles. The van der Waals surface area contributed by atoms with Crippen molar-refractivity contribution in [3.63, 3.8) is 0 Å². The first-order valence-corrected chi connectivity index (χ1v) is 9.31. The molecular weight excluding hydrogens is 388 g/mol. The highest BCUT2D eigenvalue weighted by molar-refractivity contribution is 6.31. The predicted molar refractivity (Wildman–Crippen MR) is 103 cm³/mol. The summed E-state index contributed by atoms with van der Waals surface area (Å²) >= 11 is 6.39. The average Bonchev–Trinajstić information content (AvgIpc) is 2.91. The Balaban J connectivity index is 2.08. The minimum Gasteiger partial charge on any atom is -0.443 e. The molecule has 0 aliphatic carbocycles. The average molecular weight is 403 g/mol. The van der Waals surface area contributed by atoms with Crippen LogP contribution in [0.1, 0.15) is 24.2 Å². The minimum absolute atomic E-state index is 0.296. The van der Waals surface area contributed by atoms with Gasteiger partial charge in [-0.3, -0.25) is 5.41 Å². The Labute approximate surface area is 173 Å². The maximum atomic E-state index is 10.2. The molecule has 2 aromatic carbocycles. The van der Waals surface area contributed by atoms with Gasteiger partial charge in [0.25, 0.3) is 0 Å². The molecule has 6 nitrogen and oxygen atoms in total. The molecule has 4 rings (SSSR count). The normalized spacial score (nSPS) is 31.8. The van der Waals surface area contributed by atoms with Crippen molar-refractivity contribution in [2.75, 3.05) is 0 Å². The summed E-state index contributed by atoms with van der Waals surface area (Å²) in [5, 5.41) is 39.4. The molecule has 7 heteroatoms. The zero-order valence-corrected chi connectivity index (χ0v) is 16.1. The number of nitrogens with one attached hydrogen (secondary N) is 1. The minimum atomic E-state index is -2.03. The number of fused-ring (bicyclic) bond motifs is 2. The van der Waals surface area contributed by atoms with Crippen molar-refractivity contribution in [1.82, 2.24) is 0 Å². The van der Waals surface area contributed by atoms with Crippen molar-refractivity contribution in [2.45, 2.75) is 18.8 Å². The molecule has 0 amide bonds. The lowest BCUT2D eigenvalue weighted by Crippen LogP contribution is -2.57. The van der Waals surface area contributed by atoms with Crippen molar-refractivity contribution in [2.24, 2.45) is 16.7 Å². The Morgan fingerprint density at radius 1 is 0.966 bits per heavy atom. The molecule has 2 fully saturated rings. The van der Waals surface area contributed by atoms with Crippen molar-refractivity contribution in [3.8, 4) is 18.2 Å². The second-order valence-electron chi connectivity index (χ2n) is 7.16. The van der Waals surface area contributed by atoms with Crippen LogP contribution in [-0.4, -0.2) is 5.90 Å². The van der Waals surface area contributed by atoms with Crippen LogP contribution in [0.4, 0.5) is 0 Å². The van der Waals surface area contributed by atoms with Gasteiger partial charge in [-0.15, -0.1) is 0 Å². The van der Waals surface area contributed by atoms with Gasteiger partial charge in [0.15, 0.2) is 5.41 Å². The molecule has 2 saturated heterocycles. The van der Waals surface area contributed by atoms with Crippen LogP contribution in [0.15, 0.2) is 54.6 Å². The topological polar surface area (TPSA) is 114 Å². The highest BCUT2D eigenvalue weighted by Gasteiger charge is 2.79. The number of nitrogens with zero attached hydrogens (tertiary/aromatic N) is 3. The van der Waals surface area contributed by atoms with Gasteiger partial charge in [0.05, 0.1) is 24.1 Å². The third-order valence-electron chi connectivity index (χ3n) is 6.03. The predicted octanol–water partition coefficient (Wildman–Crippen LogP) is 4.45. The number of rotatable bonds is 2. The fourth-order valence-electron chi connectivity index (χ4n) is 4.51. The zero-order valence-electron chi connectivity index (χ0n) is 15.4. The van der Waals surface area contributed by atoms with Gasteiger partial charge in [-0.2, -0.15) is 15.8 Å². The molecule has 4 atom stereocenters. The van der Waals surface area contributed by atoms with E-state index in [-0.39, 0.29) is 0 Å². The Morgan fingerprint density at radius 3 is 2.17 bits per heavy atom. The molecule has 0 spiro atoms. The standard InChI is InChI=1S/C22H15ClN4O2/c1-14-21(13-26)19(27)29-22(14,15-7-3-2-4-8-15)28-18(20(21,11-24)12-25)16-9-5-6-10-17(16)23/h2-10,14,18,27H,1H3. The molecule has 0 radical (unpaired) electrons. The van der Waals surface area contributed by atoms with Gasteiger partial charge in [0, 0.05) is 16.1 Å². The van der Waals surface area contributed by atoms with Crippen LogP contribution >= 0.6 is 11.6 Å². The molecular formula is C22H15ClN4O2. The van der Waals surface area contributed by atoms with Crippen LogP contribution in [0.3, 0.4) is 0 Å². The molecule has 2 heterocycles. The van der Waals surface area contributed by atoms with Gasteiger partial charge in [-0.25, -0.2) is 0 Å². The zero-order chi connectivity index (χ0) is 20.9. The monoisotopic (exact) mass is 402 g/mol. The maximum absolute atomic E-state index is 10.2. The van der Waals surface area contributed by atoms with E-state index in [1.165, 1.54) is 0 Å². The van der Waals surface area contributed by atoms with Crippen molar-refractivity contribution < 1.29 is 9.47 Å². The fourth-order valence-corrected chi connectivity index (χ4v) is 4.74. The van der Waals surface area contributed by atoms with Gasteiger partial charge in [-0.1, -0.05) is 67.1 Å². The molecule has 2 aromatic rings. The summed E-state index contributed by atoms with van der Waals surface area (Å²) < 4.78 is 12.3. The van der Waals surface area contributed by atoms with E-state index in [1.807, 2.05) is 18.2 Å². The van der Waals surface area contributed by atoms with E-state index >= 15 is 0 Å². The molecule has 0 saturated carbocycles. The third-order valence-corrected chi connectivity index (χ3v) is 6.38. The Kier molecular flexibility index (Phi) is 4.14. The SMILES string of the molecule is CC1C2(c3ccccc3)OC(=N)C1(C#N)C(C#N)(C#N)C(c1ccccc1Cl)O2. The summed E-state index contributed by atoms with van der Waals surface area (Å²) in [6.45, 7) is 1.67. The third kappa shape index (κ3) is 2.09. The van der Waals surface area contributed by atoms with Crippen molar-refractivity contribution >= 4 is 17.5 Å². The second-order valence-corrected chi connectivity index (χ2v) is 7.56. The summed E-state index contributed by atoms with van der Waals surface area (Å²) in [7, 11) is 0. The van der Waals surface area contributed by atoms with E-state index < -0.39 is 34.5 Å². The number of benzene rings is 2. The maximum Gasteiger partial charge on any atom is 0.244 e. The first-order valence-electron chi connectivity index (χ1n) is 8.93. The van der Waals surface area contributed by atoms with Gasteiger partial charge in [0.2, 0.25) is 17.1 Å². The molecule has 2 aliphatic rings. The number of hydrogen-bond acceptors (Lipinski definition) is 6.